The van der Waals surface area contributed by atoms with Crippen molar-refractivity contribution >= 4 is 0 Å². The summed E-state index contributed by atoms with van der Waals surface area (Å²) in [5.74, 6) is 2.59. The van der Waals surface area contributed by atoms with E-state index >= 15 is 0 Å². The molecular formula is C10H19NO. The van der Waals surface area contributed by atoms with Crippen LogP contribution in [0.15, 0.2) is 0 Å². The molecule has 0 aliphatic rings. The first-order chi connectivity index (χ1) is 5.62. The summed E-state index contributed by atoms with van der Waals surface area (Å²) < 4.78 is 5.26. The Morgan fingerprint density at radius 3 is 2.58 bits per heavy atom. The van der Waals surface area contributed by atoms with E-state index in [1.165, 1.54) is 0 Å². The van der Waals surface area contributed by atoms with Crippen molar-refractivity contribution in [1.29, 1.82) is 0 Å². The van der Waals surface area contributed by atoms with Crippen LogP contribution >= 0.6 is 0 Å². The molecule has 2 nitrogen and oxygen atoms in total. The van der Waals surface area contributed by atoms with E-state index in [9.17, 15) is 0 Å². The molecule has 12 heavy (non-hydrogen) atoms. The van der Waals surface area contributed by atoms with E-state index in [2.05, 4.69) is 25.1 Å². The van der Waals surface area contributed by atoms with Crippen LogP contribution in [0.1, 0.15) is 26.7 Å². The second-order valence-electron chi connectivity index (χ2n) is 3.42. The average molecular weight is 169 g/mol. The Labute approximate surface area is 75.7 Å². The molecule has 0 saturated heterocycles. The Bertz CT molecular complexity index is 146. The van der Waals surface area contributed by atoms with Gasteiger partial charge in [-0.2, -0.15) is 0 Å². The third-order valence-corrected chi connectivity index (χ3v) is 1.90. The van der Waals surface area contributed by atoms with Crippen molar-refractivity contribution in [1.82, 2.24) is 5.32 Å². The zero-order valence-electron chi connectivity index (χ0n) is 8.31. The molecule has 0 atom stereocenters. The van der Waals surface area contributed by atoms with Crippen LogP contribution in [0.5, 0.6) is 0 Å². The Balaban J connectivity index is 3.26. The lowest BCUT2D eigenvalue weighted by Crippen LogP contribution is -2.29. The Morgan fingerprint density at radius 1 is 1.42 bits per heavy atom. The zero-order valence-corrected chi connectivity index (χ0v) is 8.31. The SMILES string of the molecule is C#CCCNCCC(C)(C)OC. The monoisotopic (exact) mass is 169 g/mol. The highest BCUT2D eigenvalue weighted by molar-refractivity contribution is 4.84. The van der Waals surface area contributed by atoms with Crippen molar-refractivity contribution in [2.24, 2.45) is 0 Å². The van der Waals surface area contributed by atoms with Crippen LogP contribution in [0.3, 0.4) is 0 Å². The van der Waals surface area contributed by atoms with Crippen molar-refractivity contribution in [3.05, 3.63) is 0 Å². The van der Waals surface area contributed by atoms with Crippen LogP contribution < -0.4 is 5.32 Å². The molecule has 1 N–H and O–H groups in total. The van der Waals surface area contributed by atoms with E-state index in [1.807, 2.05) is 0 Å². The summed E-state index contributed by atoms with van der Waals surface area (Å²) in [7, 11) is 1.74. The molecule has 2 heteroatoms. The van der Waals surface area contributed by atoms with Gasteiger partial charge in [0.15, 0.2) is 0 Å². The number of ether oxygens (including phenoxy) is 1. The highest BCUT2D eigenvalue weighted by atomic mass is 16.5. The number of methoxy groups -OCH3 is 1. The van der Waals surface area contributed by atoms with Gasteiger partial charge in [-0.05, 0) is 26.8 Å². The van der Waals surface area contributed by atoms with Crippen LogP contribution in [-0.2, 0) is 4.74 Å². The smallest absolute Gasteiger partial charge is 0.0634 e. The summed E-state index contributed by atoms with van der Waals surface area (Å²) in [6.07, 6.45) is 6.92. The third-order valence-electron chi connectivity index (χ3n) is 1.90. The van der Waals surface area contributed by atoms with Crippen LogP contribution in [0.2, 0.25) is 0 Å². The predicted molar refractivity (Wildman–Crippen MR) is 52.0 cm³/mol. The van der Waals surface area contributed by atoms with Crippen LogP contribution in [0.25, 0.3) is 0 Å². The van der Waals surface area contributed by atoms with Gasteiger partial charge in [0.25, 0.3) is 0 Å². The van der Waals surface area contributed by atoms with Crippen LogP contribution in [0.4, 0.5) is 0 Å². The summed E-state index contributed by atoms with van der Waals surface area (Å²) in [6.45, 7) is 6.02. The summed E-state index contributed by atoms with van der Waals surface area (Å²) in [5, 5.41) is 3.25. The number of hydrogen-bond acceptors (Lipinski definition) is 2. The van der Waals surface area contributed by atoms with Crippen molar-refractivity contribution in [3.8, 4) is 12.3 Å². The second kappa shape index (κ2) is 6.05. The molecule has 0 unspecified atom stereocenters. The largest absolute Gasteiger partial charge is 0.379 e. The first-order valence-electron chi connectivity index (χ1n) is 4.32. The topological polar surface area (TPSA) is 21.3 Å². The van der Waals surface area contributed by atoms with Gasteiger partial charge in [0.05, 0.1) is 5.60 Å². The molecule has 0 bridgehead atoms. The van der Waals surface area contributed by atoms with Crippen molar-refractivity contribution in [2.45, 2.75) is 32.3 Å². The molecule has 0 radical (unpaired) electrons. The van der Waals surface area contributed by atoms with Gasteiger partial charge >= 0.3 is 0 Å². The minimum atomic E-state index is -0.0247. The molecule has 0 spiro atoms. The first-order valence-corrected chi connectivity index (χ1v) is 4.32. The van der Waals surface area contributed by atoms with E-state index < -0.39 is 0 Å². The van der Waals surface area contributed by atoms with Crippen LogP contribution in [-0.4, -0.2) is 25.8 Å². The molecule has 0 rings (SSSR count). The van der Waals surface area contributed by atoms with Gasteiger partial charge in [-0.15, -0.1) is 12.3 Å². The standard InChI is InChI=1S/C10H19NO/c1-5-6-8-11-9-7-10(2,3)12-4/h1,11H,6-9H2,2-4H3. The molecule has 0 aliphatic heterocycles. The van der Waals surface area contributed by atoms with Gasteiger partial charge in [0.1, 0.15) is 0 Å². The Kier molecular flexibility index (Phi) is 5.79. The molecular weight excluding hydrogens is 150 g/mol. The summed E-state index contributed by atoms with van der Waals surface area (Å²) in [6, 6.07) is 0. The highest BCUT2D eigenvalue weighted by Crippen LogP contribution is 2.10. The normalized spacial score (nSPS) is 11.2. The molecule has 0 amide bonds. The maximum atomic E-state index is 5.26. The zero-order chi connectivity index (χ0) is 9.45. The van der Waals surface area contributed by atoms with E-state index in [0.29, 0.717) is 0 Å². The predicted octanol–water partition coefficient (Wildman–Crippen LogP) is 1.41. The fraction of sp³-hybridized carbons (Fsp3) is 0.800. The van der Waals surface area contributed by atoms with Crippen molar-refractivity contribution in [2.75, 3.05) is 20.2 Å². The molecule has 70 valence electrons. The minimum Gasteiger partial charge on any atom is -0.379 e. The number of terminal acetylenes is 1. The maximum Gasteiger partial charge on any atom is 0.0634 e. The van der Waals surface area contributed by atoms with Gasteiger partial charge in [-0.25, -0.2) is 0 Å². The van der Waals surface area contributed by atoms with E-state index in [0.717, 1.165) is 25.9 Å². The first kappa shape index (κ1) is 11.5. The fourth-order valence-corrected chi connectivity index (χ4v) is 0.777. The Morgan fingerprint density at radius 2 is 2.08 bits per heavy atom. The molecule has 0 aromatic heterocycles. The molecule has 0 aliphatic carbocycles. The van der Waals surface area contributed by atoms with E-state index in [-0.39, 0.29) is 5.60 Å². The van der Waals surface area contributed by atoms with Gasteiger partial charge in [-0.3, -0.25) is 0 Å². The minimum absolute atomic E-state index is 0.0247. The lowest BCUT2D eigenvalue weighted by atomic mass is 10.1. The van der Waals surface area contributed by atoms with E-state index in [4.69, 9.17) is 11.2 Å². The summed E-state index contributed by atoms with van der Waals surface area (Å²) >= 11 is 0. The lowest BCUT2D eigenvalue weighted by Gasteiger charge is -2.22. The number of nitrogens with one attached hydrogen (secondary N) is 1. The summed E-state index contributed by atoms with van der Waals surface area (Å²) in [4.78, 5) is 0. The van der Waals surface area contributed by atoms with Gasteiger partial charge < -0.3 is 10.1 Å². The summed E-state index contributed by atoms with van der Waals surface area (Å²) in [5.41, 5.74) is -0.0247. The molecule has 0 aromatic rings. The fourth-order valence-electron chi connectivity index (χ4n) is 0.777. The average Bonchev–Trinajstić information content (AvgIpc) is 2.04. The van der Waals surface area contributed by atoms with Gasteiger partial charge in [-0.1, -0.05) is 0 Å². The Hall–Kier alpha value is -0.520. The number of rotatable bonds is 6. The second-order valence-corrected chi connectivity index (χ2v) is 3.42. The lowest BCUT2D eigenvalue weighted by molar-refractivity contribution is 0.0159. The highest BCUT2D eigenvalue weighted by Gasteiger charge is 2.14. The molecule has 0 aromatic carbocycles. The number of hydrogen-bond donors (Lipinski definition) is 1. The van der Waals surface area contributed by atoms with E-state index in [1.54, 1.807) is 7.11 Å². The van der Waals surface area contributed by atoms with Crippen molar-refractivity contribution in [3.63, 3.8) is 0 Å². The molecule has 0 heterocycles. The quantitative estimate of drug-likeness (QED) is 0.479. The van der Waals surface area contributed by atoms with Gasteiger partial charge in [0.2, 0.25) is 0 Å². The third kappa shape index (κ3) is 6.21. The molecule has 0 fully saturated rings. The van der Waals surface area contributed by atoms with Gasteiger partial charge in [0, 0.05) is 20.1 Å². The molecule has 0 saturated carbocycles. The maximum absolute atomic E-state index is 5.26. The van der Waals surface area contributed by atoms with Crippen LogP contribution in [0, 0.1) is 12.3 Å². The van der Waals surface area contributed by atoms with Crippen molar-refractivity contribution < 1.29 is 4.74 Å².